The molecule has 0 fully saturated rings. The van der Waals surface area contributed by atoms with Crippen LogP contribution in [-0.2, 0) is 4.79 Å². The fraction of sp³-hybridized carbons (Fsp3) is 0.226. The molecule has 1 aromatic heterocycles. The lowest BCUT2D eigenvalue weighted by Gasteiger charge is -2.39. The molecular formula is C31H30F2N4O2. The summed E-state index contributed by atoms with van der Waals surface area (Å²) >= 11 is 0. The minimum Gasteiger partial charge on any atom is -0.316 e. The Balaban J connectivity index is 1.50. The highest BCUT2D eigenvalue weighted by atomic mass is 19.1. The third kappa shape index (κ3) is 5.27. The van der Waals surface area contributed by atoms with Gasteiger partial charge in [0, 0.05) is 18.8 Å². The van der Waals surface area contributed by atoms with Gasteiger partial charge in [0.15, 0.2) is 0 Å². The van der Waals surface area contributed by atoms with Crippen LogP contribution in [0.25, 0.3) is 5.69 Å². The number of amides is 3. The number of rotatable bonds is 7. The number of hydrogen-bond acceptors (Lipinski definition) is 2. The first-order chi connectivity index (χ1) is 18.9. The number of fused-ring (bicyclic) bond motifs is 3. The first kappa shape index (κ1) is 26.2. The highest BCUT2D eigenvalue weighted by Crippen LogP contribution is 2.42. The van der Waals surface area contributed by atoms with Crippen molar-refractivity contribution in [3.05, 3.63) is 114 Å². The number of carbonyl (C=O) groups excluding carboxylic acids is 2. The molecule has 0 saturated heterocycles. The number of aromatic nitrogens is 1. The Bertz CT molecular complexity index is 1500. The fourth-order valence-electron chi connectivity index (χ4n) is 4.95. The second kappa shape index (κ2) is 11.1. The summed E-state index contributed by atoms with van der Waals surface area (Å²) in [6.07, 6.45) is 3.44. The predicted molar refractivity (Wildman–Crippen MR) is 148 cm³/mol. The van der Waals surface area contributed by atoms with E-state index in [0.29, 0.717) is 19.0 Å². The maximum atomic E-state index is 14.3. The van der Waals surface area contributed by atoms with Gasteiger partial charge in [0.05, 0.1) is 22.8 Å². The zero-order chi connectivity index (χ0) is 27.5. The highest BCUT2D eigenvalue weighted by molar-refractivity contribution is 6.01. The van der Waals surface area contributed by atoms with Crippen LogP contribution in [-0.4, -0.2) is 34.5 Å². The van der Waals surface area contributed by atoms with Crippen LogP contribution in [0.15, 0.2) is 85.1 Å². The van der Waals surface area contributed by atoms with Gasteiger partial charge in [-0.3, -0.25) is 9.69 Å². The molecule has 1 atom stereocenters. The summed E-state index contributed by atoms with van der Waals surface area (Å²) < 4.78 is 29.7. The summed E-state index contributed by atoms with van der Waals surface area (Å²) in [6, 6.07) is 21.6. The van der Waals surface area contributed by atoms with Crippen LogP contribution in [0, 0.1) is 18.6 Å². The number of benzene rings is 3. The Labute approximate surface area is 226 Å². The van der Waals surface area contributed by atoms with Crippen molar-refractivity contribution in [1.29, 1.82) is 0 Å². The lowest BCUT2D eigenvalue weighted by molar-refractivity contribution is -0.119. The van der Waals surface area contributed by atoms with Crippen LogP contribution in [0.1, 0.15) is 42.6 Å². The van der Waals surface area contributed by atoms with E-state index < -0.39 is 23.7 Å². The number of aryl methyl sites for hydroxylation is 1. The van der Waals surface area contributed by atoms with Gasteiger partial charge in [-0.15, -0.1) is 0 Å². The quantitative estimate of drug-likeness (QED) is 0.286. The van der Waals surface area contributed by atoms with Gasteiger partial charge in [-0.2, -0.15) is 0 Å². The summed E-state index contributed by atoms with van der Waals surface area (Å²) in [4.78, 5) is 30.5. The Morgan fingerprint density at radius 1 is 0.949 bits per heavy atom. The molecular weight excluding hydrogens is 498 g/mol. The molecule has 1 N–H and O–H groups in total. The van der Waals surface area contributed by atoms with E-state index in [-0.39, 0.29) is 18.1 Å². The number of urea groups is 1. The zero-order valence-corrected chi connectivity index (χ0v) is 21.9. The fourth-order valence-corrected chi connectivity index (χ4v) is 4.95. The average molecular weight is 529 g/mol. The van der Waals surface area contributed by atoms with Gasteiger partial charge in [-0.05, 0) is 55.3 Å². The van der Waals surface area contributed by atoms with E-state index in [2.05, 4.69) is 9.88 Å². The molecule has 1 unspecified atom stereocenters. The Kier molecular flexibility index (Phi) is 7.45. The predicted octanol–water partition coefficient (Wildman–Crippen LogP) is 6.83. The third-order valence-corrected chi connectivity index (χ3v) is 6.95. The molecule has 4 aromatic rings. The van der Waals surface area contributed by atoms with Crippen LogP contribution >= 0.6 is 0 Å². The number of unbranched alkanes of at least 4 members (excludes halogenated alkanes) is 1. The zero-order valence-electron chi connectivity index (χ0n) is 21.9. The molecule has 8 heteroatoms. The minimum absolute atomic E-state index is 0.144. The van der Waals surface area contributed by atoms with Crippen molar-refractivity contribution in [1.82, 2.24) is 9.47 Å². The van der Waals surface area contributed by atoms with Crippen molar-refractivity contribution in [3.8, 4) is 5.69 Å². The molecule has 3 amide bonds. The molecule has 0 saturated carbocycles. The molecule has 3 aromatic carbocycles. The number of anilines is 2. The molecule has 0 aliphatic carbocycles. The number of nitrogens with zero attached hydrogens (tertiary/aromatic N) is 3. The van der Waals surface area contributed by atoms with Gasteiger partial charge in [-0.1, -0.05) is 55.3 Å². The lowest BCUT2D eigenvalue weighted by atomic mass is 9.97. The second-order valence-electron chi connectivity index (χ2n) is 9.70. The van der Waals surface area contributed by atoms with Crippen molar-refractivity contribution in [3.63, 3.8) is 0 Å². The van der Waals surface area contributed by atoms with Crippen molar-refractivity contribution < 1.29 is 18.4 Å². The summed E-state index contributed by atoms with van der Waals surface area (Å²) in [5, 5.41) is 2.50. The van der Waals surface area contributed by atoms with Crippen molar-refractivity contribution >= 4 is 23.3 Å². The molecule has 0 radical (unpaired) electrons. The van der Waals surface area contributed by atoms with Crippen LogP contribution in [0.4, 0.5) is 25.0 Å². The van der Waals surface area contributed by atoms with E-state index in [0.717, 1.165) is 40.7 Å². The molecule has 1 aliphatic rings. The van der Waals surface area contributed by atoms with Gasteiger partial charge < -0.3 is 14.8 Å². The lowest BCUT2D eigenvalue weighted by Crippen LogP contribution is -2.48. The van der Waals surface area contributed by atoms with E-state index in [9.17, 15) is 18.4 Å². The van der Waals surface area contributed by atoms with Crippen molar-refractivity contribution in [2.75, 3.05) is 23.3 Å². The first-order valence-corrected chi connectivity index (χ1v) is 13.0. The maximum absolute atomic E-state index is 14.3. The largest absolute Gasteiger partial charge is 0.322 e. The smallest absolute Gasteiger partial charge is 0.316 e. The molecule has 6 nitrogen and oxygen atoms in total. The molecule has 200 valence electrons. The topological polar surface area (TPSA) is 57.6 Å². The standard InChI is InChI=1S/C31H30F2N4O2/c1-3-4-17-35(31(39)34-25-16-15-23(32)19-24(25)33)20-29(38)37-27-9-6-5-8-26(27)36-18-7-10-28(36)30(37)22-13-11-21(2)12-14-22/h5-16,18-19,30H,3-4,17,20H2,1-2H3,(H,34,39). The first-order valence-electron chi connectivity index (χ1n) is 13.0. The SMILES string of the molecule is CCCCN(CC(=O)N1c2ccccc2-n2cccc2C1c1ccc(C)cc1)C(=O)Nc1ccc(F)cc1F. The summed E-state index contributed by atoms with van der Waals surface area (Å²) in [5.41, 5.74) is 4.45. The summed E-state index contributed by atoms with van der Waals surface area (Å²) in [7, 11) is 0. The molecule has 1 aliphatic heterocycles. The Hall–Kier alpha value is -4.46. The Morgan fingerprint density at radius 3 is 2.41 bits per heavy atom. The van der Waals surface area contributed by atoms with Gasteiger partial charge in [0.1, 0.15) is 24.2 Å². The summed E-state index contributed by atoms with van der Waals surface area (Å²) in [5.74, 6) is -1.89. The maximum Gasteiger partial charge on any atom is 0.322 e. The third-order valence-electron chi connectivity index (χ3n) is 6.95. The Morgan fingerprint density at radius 2 is 1.69 bits per heavy atom. The van der Waals surface area contributed by atoms with Crippen LogP contribution < -0.4 is 10.2 Å². The molecule has 0 spiro atoms. The number of para-hydroxylation sites is 2. The molecule has 2 heterocycles. The monoisotopic (exact) mass is 528 g/mol. The van der Waals surface area contributed by atoms with E-state index in [1.54, 1.807) is 4.90 Å². The highest BCUT2D eigenvalue weighted by Gasteiger charge is 2.37. The summed E-state index contributed by atoms with van der Waals surface area (Å²) in [6.45, 7) is 4.09. The average Bonchev–Trinajstić information content (AvgIpc) is 3.42. The van der Waals surface area contributed by atoms with Crippen LogP contribution in [0.3, 0.4) is 0 Å². The number of halogens is 2. The van der Waals surface area contributed by atoms with E-state index in [4.69, 9.17) is 0 Å². The van der Waals surface area contributed by atoms with Gasteiger partial charge in [-0.25, -0.2) is 13.6 Å². The van der Waals surface area contributed by atoms with E-state index in [1.165, 1.54) is 11.0 Å². The van der Waals surface area contributed by atoms with Crippen molar-refractivity contribution in [2.45, 2.75) is 32.7 Å². The molecule has 39 heavy (non-hydrogen) atoms. The van der Waals surface area contributed by atoms with Gasteiger partial charge >= 0.3 is 6.03 Å². The second-order valence-corrected chi connectivity index (χ2v) is 9.70. The van der Waals surface area contributed by atoms with Crippen LogP contribution in [0.2, 0.25) is 0 Å². The molecule has 0 bridgehead atoms. The minimum atomic E-state index is -0.879. The van der Waals surface area contributed by atoms with E-state index in [1.807, 2.05) is 80.7 Å². The number of hydrogen-bond donors (Lipinski definition) is 1. The van der Waals surface area contributed by atoms with Crippen LogP contribution in [0.5, 0.6) is 0 Å². The van der Waals surface area contributed by atoms with Crippen molar-refractivity contribution in [2.24, 2.45) is 0 Å². The normalized spacial score (nSPS) is 13.9. The van der Waals surface area contributed by atoms with Gasteiger partial charge in [0.25, 0.3) is 0 Å². The van der Waals surface area contributed by atoms with E-state index >= 15 is 0 Å². The molecule has 5 rings (SSSR count). The number of nitrogens with one attached hydrogen (secondary N) is 1. The number of carbonyl (C=O) groups is 2. The van der Waals surface area contributed by atoms with Gasteiger partial charge in [0.2, 0.25) is 5.91 Å².